The Kier molecular flexibility index (Phi) is 3.09. The third kappa shape index (κ3) is 1.78. The Hall–Kier alpha value is -0.570. The third-order valence-corrected chi connectivity index (χ3v) is 2.73. The fourth-order valence-electron chi connectivity index (χ4n) is 1.80. The topological polar surface area (TPSA) is 63.3 Å². The molecule has 3 N–H and O–H groups in total. The lowest BCUT2D eigenvalue weighted by atomic mass is 9.80. The van der Waals surface area contributed by atoms with E-state index in [0.717, 1.165) is 32.3 Å². The number of nitrogens with two attached hydrogens (primary N) is 1. The predicted molar refractivity (Wildman–Crippen MR) is 45.6 cm³/mol. The Morgan fingerprint density at radius 1 is 1.25 bits per heavy atom. The van der Waals surface area contributed by atoms with Crippen LogP contribution in [0.1, 0.15) is 38.5 Å². The number of aliphatic hydroxyl groups excluding tert-OH is 1. The third-order valence-electron chi connectivity index (χ3n) is 2.73. The monoisotopic (exact) mass is 170 g/mol. The van der Waals surface area contributed by atoms with Crippen molar-refractivity contribution in [2.24, 2.45) is 11.1 Å². The largest absolute Gasteiger partial charge is 0.389 e. The van der Waals surface area contributed by atoms with E-state index in [4.69, 9.17) is 10.8 Å². The molecule has 1 rings (SSSR count). The SMILES string of the molecule is NC(=O)C1([CH]O)CCCCCC1. The van der Waals surface area contributed by atoms with Gasteiger partial charge in [-0.25, -0.2) is 0 Å². The second kappa shape index (κ2) is 3.90. The van der Waals surface area contributed by atoms with Crippen molar-refractivity contribution in [1.82, 2.24) is 0 Å². The minimum atomic E-state index is -0.726. The standard InChI is InChI=1S/C9H16NO2/c10-8(12)9(7-11)5-3-1-2-4-6-9/h7,11H,1-6H2,(H2,10,12). The molecule has 1 radical (unpaired) electrons. The van der Waals surface area contributed by atoms with Crippen LogP contribution in [0.3, 0.4) is 0 Å². The van der Waals surface area contributed by atoms with Crippen molar-refractivity contribution < 1.29 is 9.90 Å². The molecule has 69 valence electrons. The van der Waals surface area contributed by atoms with E-state index >= 15 is 0 Å². The summed E-state index contributed by atoms with van der Waals surface area (Å²) in [5, 5.41) is 9.01. The summed E-state index contributed by atoms with van der Waals surface area (Å²) < 4.78 is 0. The number of hydrogen-bond acceptors (Lipinski definition) is 2. The number of carbonyl (C=O) groups excluding carboxylic acids is 1. The highest BCUT2D eigenvalue weighted by Gasteiger charge is 2.36. The minimum absolute atomic E-state index is 0.382. The van der Waals surface area contributed by atoms with E-state index in [-0.39, 0.29) is 5.91 Å². The number of carbonyl (C=O) groups is 1. The summed E-state index contributed by atoms with van der Waals surface area (Å²) in [5.41, 5.74) is 4.53. The van der Waals surface area contributed by atoms with Gasteiger partial charge in [0.25, 0.3) is 0 Å². The van der Waals surface area contributed by atoms with Gasteiger partial charge in [0, 0.05) is 0 Å². The normalized spacial score (nSPS) is 23.1. The lowest BCUT2D eigenvalue weighted by Crippen LogP contribution is -2.37. The zero-order valence-corrected chi connectivity index (χ0v) is 7.25. The summed E-state index contributed by atoms with van der Waals surface area (Å²) in [4.78, 5) is 11.1. The molecule has 1 aliphatic carbocycles. The quantitative estimate of drug-likeness (QED) is 0.614. The molecule has 1 fully saturated rings. The molecule has 1 aliphatic rings. The highest BCUT2D eigenvalue weighted by Crippen LogP contribution is 2.36. The van der Waals surface area contributed by atoms with E-state index in [0.29, 0.717) is 12.8 Å². The molecule has 3 nitrogen and oxygen atoms in total. The molecule has 0 unspecified atom stereocenters. The van der Waals surface area contributed by atoms with Crippen LogP contribution in [0.25, 0.3) is 0 Å². The molecule has 0 spiro atoms. The Bertz CT molecular complexity index is 160. The van der Waals surface area contributed by atoms with Crippen LogP contribution in [-0.4, -0.2) is 11.0 Å². The van der Waals surface area contributed by atoms with Crippen molar-refractivity contribution >= 4 is 5.91 Å². The smallest absolute Gasteiger partial charge is 0.226 e. The van der Waals surface area contributed by atoms with Crippen LogP contribution in [0, 0.1) is 12.0 Å². The van der Waals surface area contributed by atoms with Crippen LogP contribution in [0.4, 0.5) is 0 Å². The first-order valence-corrected chi connectivity index (χ1v) is 4.50. The first-order valence-electron chi connectivity index (χ1n) is 4.50. The molecule has 0 aliphatic heterocycles. The summed E-state index contributed by atoms with van der Waals surface area (Å²) in [5.74, 6) is -0.382. The van der Waals surface area contributed by atoms with E-state index in [1.165, 1.54) is 0 Å². The number of rotatable bonds is 2. The van der Waals surface area contributed by atoms with Gasteiger partial charge in [0.1, 0.15) is 0 Å². The summed E-state index contributed by atoms with van der Waals surface area (Å²) >= 11 is 0. The van der Waals surface area contributed by atoms with Crippen molar-refractivity contribution in [3.05, 3.63) is 6.61 Å². The number of amides is 1. The Morgan fingerprint density at radius 2 is 1.75 bits per heavy atom. The first kappa shape index (κ1) is 9.52. The molecular weight excluding hydrogens is 154 g/mol. The maximum absolute atomic E-state index is 11.1. The van der Waals surface area contributed by atoms with Gasteiger partial charge in [0.15, 0.2) is 0 Å². The van der Waals surface area contributed by atoms with Gasteiger partial charge in [-0.2, -0.15) is 0 Å². The van der Waals surface area contributed by atoms with Gasteiger partial charge in [-0.1, -0.05) is 25.7 Å². The lowest BCUT2D eigenvalue weighted by molar-refractivity contribution is -0.128. The van der Waals surface area contributed by atoms with Gasteiger partial charge in [-0.15, -0.1) is 0 Å². The molecule has 1 saturated carbocycles. The van der Waals surface area contributed by atoms with Crippen LogP contribution in [-0.2, 0) is 4.79 Å². The molecule has 0 bridgehead atoms. The van der Waals surface area contributed by atoms with Crippen LogP contribution in [0.5, 0.6) is 0 Å². The molecular formula is C9H16NO2. The van der Waals surface area contributed by atoms with Gasteiger partial charge < -0.3 is 10.8 Å². The maximum Gasteiger partial charge on any atom is 0.226 e. The van der Waals surface area contributed by atoms with Crippen LogP contribution in [0.2, 0.25) is 0 Å². The van der Waals surface area contributed by atoms with Gasteiger partial charge in [0.2, 0.25) is 5.91 Å². The minimum Gasteiger partial charge on any atom is -0.389 e. The second-order valence-corrected chi connectivity index (χ2v) is 3.56. The fraction of sp³-hybridized carbons (Fsp3) is 0.778. The second-order valence-electron chi connectivity index (χ2n) is 3.56. The van der Waals surface area contributed by atoms with E-state index in [9.17, 15) is 4.79 Å². The van der Waals surface area contributed by atoms with Crippen molar-refractivity contribution in [2.75, 3.05) is 0 Å². The molecule has 0 aromatic heterocycles. The Morgan fingerprint density at radius 3 is 2.08 bits per heavy atom. The first-order chi connectivity index (χ1) is 5.71. The van der Waals surface area contributed by atoms with Gasteiger partial charge in [0.05, 0.1) is 12.0 Å². The molecule has 12 heavy (non-hydrogen) atoms. The number of primary amides is 1. The zero-order valence-electron chi connectivity index (χ0n) is 7.25. The maximum atomic E-state index is 11.1. The predicted octanol–water partition coefficient (Wildman–Crippen LogP) is 1.35. The highest BCUT2D eigenvalue weighted by atomic mass is 16.3. The van der Waals surface area contributed by atoms with Crippen LogP contribution >= 0.6 is 0 Å². The van der Waals surface area contributed by atoms with Crippen molar-refractivity contribution in [2.45, 2.75) is 38.5 Å². The molecule has 0 aromatic carbocycles. The molecule has 1 amide bonds. The molecule has 0 aromatic rings. The highest BCUT2D eigenvalue weighted by molar-refractivity contribution is 5.81. The Balaban J connectivity index is 2.68. The summed E-state index contributed by atoms with van der Waals surface area (Å²) in [7, 11) is 0. The molecule has 3 heteroatoms. The summed E-state index contributed by atoms with van der Waals surface area (Å²) in [6.07, 6.45) is 5.67. The van der Waals surface area contributed by atoms with E-state index in [1.54, 1.807) is 0 Å². The van der Waals surface area contributed by atoms with Gasteiger partial charge >= 0.3 is 0 Å². The molecule has 0 heterocycles. The van der Waals surface area contributed by atoms with Crippen molar-refractivity contribution in [3.8, 4) is 0 Å². The summed E-state index contributed by atoms with van der Waals surface area (Å²) in [6.45, 7) is 1.00. The van der Waals surface area contributed by atoms with E-state index in [1.807, 2.05) is 0 Å². The van der Waals surface area contributed by atoms with Gasteiger partial charge in [-0.3, -0.25) is 4.79 Å². The number of hydrogen-bond donors (Lipinski definition) is 2. The number of aliphatic hydroxyl groups is 1. The molecule has 0 saturated heterocycles. The fourth-order valence-corrected chi connectivity index (χ4v) is 1.80. The van der Waals surface area contributed by atoms with E-state index in [2.05, 4.69) is 0 Å². The van der Waals surface area contributed by atoms with Crippen LogP contribution < -0.4 is 5.73 Å². The van der Waals surface area contributed by atoms with E-state index < -0.39 is 5.41 Å². The molecule has 0 atom stereocenters. The Labute approximate surface area is 72.9 Å². The van der Waals surface area contributed by atoms with Gasteiger partial charge in [-0.05, 0) is 12.8 Å². The van der Waals surface area contributed by atoms with Crippen molar-refractivity contribution in [1.29, 1.82) is 0 Å². The zero-order chi connectivity index (χ0) is 9.03. The average molecular weight is 170 g/mol. The average Bonchev–Trinajstić information content (AvgIpc) is 2.29. The van der Waals surface area contributed by atoms with Crippen LogP contribution in [0.15, 0.2) is 0 Å². The van der Waals surface area contributed by atoms with Crippen molar-refractivity contribution in [3.63, 3.8) is 0 Å². The lowest BCUT2D eigenvalue weighted by Gasteiger charge is -2.25. The summed E-state index contributed by atoms with van der Waals surface area (Å²) in [6, 6.07) is 0.